The molecule has 0 amide bonds. The minimum absolute atomic E-state index is 0.0867. The summed E-state index contributed by atoms with van der Waals surface area (Å²) < 4.78 is 24.8. The van der Waals surface area contributed by atoms with Crippen molar-refractivity contribution in [2.45, 2.75) is 19.4 Å². The Hall–Kier alpha value is -2.76. The van der Waals surface area contributed by atoms with Gasteiger partial charge in [-0.1, -0.05) is 30.3 Å². The number of nitrogens with zero attached hydrogens (tertiary/aromatic N) is 1. The summed E-state index contributed by atoms with van der Waals surface area (Å²) in [6, 6.07) is 14.3. The van der Waals surface area contributed by atoms with Crippen LogP contribution in [0.5, 0.6) is 11.5 Å². The van der Waals surface area contributed by atoms with Crippen LogP contribution in [0.4, 0.5) is 4.39 Å². The highest BCUT2D eigenvalue weighted by Crippen LogP contribution is 2.26. The van der Waals surface area contributed by atoms with Crippen molar-refractivity contribution >= 4 is 5.96 Å². The zero-order valence-corrected chi connectivity index (χ0v) is 15.5. The van der Waals surface area contributed by atoms with Gasteiger partial charge in [0.25, 0.3) is 0 Å². The Morgan fingerprint density at radius 2 is 1.77 bits per heavy atom. The summed E-state index contributed by atoms with van der Waals surface area (Å²) in [7, 11) is 3.32. The molecule has 0 fully saturated rings. The van der Waals surface area contributed by atoms with Crippen LogP contribution in [0.2, 0.25) is 0 Å². The maximum Gasteiger partial charge on any atom is 0.191 e. The van der Waals surface area contributed by atoms with E-state index in [-0.39, 0.29) is 11.9 Å². The molecule has 5 nitrogen and oxygen atoms in total. The second-order valence-corrected chi connectivity index (χ2v) is 5.80. The van der Waals surface area contributed by atoms with E-state index in [4.69, 9.17) is 9.47 Å². The Balaban J connectivity index is 1.76. The Bertz CT molecular complexity index is 722. The van der Waals surface area contributed by atoms with Crippen molar-refractivity contribution in [2.75, 3.05) is 27.2 Å². The molecule has 6 heteroatoms. The molecule has 0 heterocycles. The van der Waals surface area contributed by atoms with Crippen LogP contribution in [0, 0.1) is 5.82 Å². The molecule has 1 unspecified atom stereocenters. The fourth-order valence-corrected chi connectivity index (χ4v) is 2.45. The molecule has 0 spiro atoms. The molecule has 1 atom stereocenters. The van der Waals surface area contributed by atoms with Gasteiger partial charge in [-0.05, 0) is 37.1 Å². The molecule has 0 bridgehead atoms. The van der Waals surface area contributed by atoms with E-state index in [2.05, 4.69) is 15.6 Å². The van der Waals surface area contributed by atoms with Gasteiger partial charge >= 0.3 is 0 Å². The average molecular weight is 359 g/mol. The van der Waals surface area contributed by atoms with E-state index < -0.39 is 0 Å². The number of halogens is 1. The van der Waals surface area contributed by atoms with Gasteiger partial charge in [0.2, 0.25) is 0 Å². The molecule has 140 valence electrons. The van der Waals surface area contributed by atoms with E-state index in [1.165, 1.54) is 6.07 Å². The first kappa shape index (κ1) is 19.6. The summed E-state index contributed by atoms with van der Waals surface area (Å²) in [6.45, 7) is 3.12. The van der Waals surface area contributed by atoms with Crippen LogP contribution in [0.25, 0.3) is 0 Å². The first-order chi connectivity index (χ1) is 12.6. The molecule has 2 aromatic carbocycles. The zero-order valence-electron chi connectivity index (χ0n) is 15.5. The molecule has 0 saturated carbocycles. The van der Waals surface area contributed by atoms with E-state index >= 15 is 0 Å². The molecule has 0 aliphatic rings. The van der Waals surface area contributed by atoms with Crippen molar-refractivity contribution in [3.8, 4) is 11.5 Å². The number of benzene rings is 2. The lowest BCUT2D eigenvalue weighted by Gasteiger charge is -2.19. The molecule has 0 aliphatic heterocycles. The predicted octanol–water partition coefficient (Wildman–Crippen LogP) is 3.01. The highest BCUT2D eigenvalue weighted by Gasteiger charge is 2.09. The van der Waals surface area contributed by atoms with Gasteiger partial charge in [0.15, 0.2) is 17.5 Å². The highest BCUT2D eigenvalue weighted by molar-refractivity contribution is 5.79. The van der Waals surface area contributed by atoms with Gasteiger partial charge in [0.1, 0.15) is 11.9 Å². The summed E-state index contributed by atoms with van der Waals surface area (Å²) in [4.78, 5) is 4.17. The molecule has 0 aromatic heterocycles. The van der Waals surface area contributed by atoms with Crippen molar-refractivity contribution in [1.82, 2.24) is 10.6 Å². The lowest BCUT2D eigenvalue weighted by Crippen LogP contribution is -2.42. The number of nitrogens with one attached hydrogen (secondary N) is 2. The monoisotopic (exact) mass is 359 g/mol. The van der Waals surface area contributed by atoms with Gasteiger partial charge in [-0.15, -0.1) is 0 Å². The second-order valence-electron chi connectivity index (χ2n) is 5.80. The molecule has 2 N–H and O–H groups in total. The molecule has 26 heavy (non-hydrogen) atoms. The van der Waals surface area contributed by atoms with Crippen LogP contribution >= 0.6 is 0 Å². The van der Waals surface area contributed by atoms with E-state index in [1.54, 1.807) is 26.3 Å². The SMILES string of the molecule is CN=C(NCCc1ccccc1F)NCC(C)Oc1ccccc1OC. The minimum Gasteiger partial charge on any atom is -0.493 e. The third kappa shape index (κ3) is 5.95. The largest absolute Gasteiger partial charge is 0.493 e. The third-order valence-electron chi connectivity index (χ3n) is 3.82. The average Bonchev–Trinajstić information content (AvgIpc) is 2.66. The summed E-state index contributed by atoms with van der Waals surface area (Å²) in [5, 5.41) is 6.39. The Morgan fingerprint density at radius 1 is 1.08 bits per heavy atom. The van der Waals surface area contributed by atoms with E-state index in [0.717, 1.165) is 0 Å². The number of hydrogen-bond acceptors (Lipinski definition) is 3. The Morgan fingerprint density at radius 3 is 2.46 bits per heavy atom. The van der Waals surface area contributed by atoms with Crippen molar-refractivity contribution in [2.24, 2.45) is 4.99 Å². The number of rotatable bonds is 8. The smallest absolute Gasteiger partial charge is 0.191 e. The van der Waals surface area contributed by atoms with Crippen LogP contribution < -0.4 is 20.1 Å². The molecule has 0 saturated heterocycles. The number of ether oxygens (including phenoxy) is 2. The third-order valence-corrected chi connectivity index (χ3v) is 3.82. The summed E-state index contributed by atoms with van der Waals surface area (Å²) >= 11 is 0. The van der Waals surface area contributed by atoms with Gasteiger partial charge in [-0.25, -0.2) is 4.39 Å². The second kappa shape index (κ2) is 10.3. The van der Waals surface area contributed by atoms with Crippen LogP contribution in [-0.2, 0) is 6.42 Å². The molecular formula is C20H26FN3O2. The predicted molar refractivity (Wildman–Crippen MR) is 103 cm³/mol. The highest BCUT2D eigenvalue weighted by atomic mass is 19.1. The number of hydrogen-bond donors (Lipinski definition) is 2. The summed E-state index contributed by atoms with van der Waals surface area (Å²) in [6.07, 6.45) is 0.497. The van der Waals surface area contributed by atoms with E-state index in [9.17, 15) is 4.39 Å². The maximum atomic E-state index is 13.6. The number of aliphatic imine (C=N–C) groups is 1. The molecular weight excluding hydrogens is 333 g/mol. The summed E-state index contributed by atoms with van der Waals surface area (Å²) in [5.74, 6) is 1.87. The minimum atomic E-state index is -0.184. The van der Waals surface area contributed by atoms with Crippen LogP contribution in [-0.4, -0.2) is 39.3 Å². The number of methoxy groups -OCH3 is 1. The topological polar surface area (TPSA) is 54.9 Å². The van der Waals surface area contributed by atoms with Gasteiger partial charge < -0.3 is 20.1 Å². The fourth-order valence-electron chi connectivity index (χ4n) is 2.45. The Kier molecular flexibility index (Phi) is 7.74. The number of para-hydroxylation sites is 2. The quantitative estimate of drug-likeness (QED) is 0.562. The normalized spacial score (nSPS) is 12.4. The first-order valence-electron chi connectivity index (χ1n) is 8.61. The molecule has 2 aromatic rings. The van der Waals surface area contributed by atoms with Crippen molar-refractivity contribution in [1.29, 1.82) is 0 Å². The maximum absolute atomic E-state index is 13.6. The van der Waals surface area contributed by atoms with Crippen molar-refractivity contribution in [3.05, 3.63) is 59.9 Å². The first-order valence-corrected chi connectivity index (χ1v) is 8.61. The fraction of sp³-hybridized carbons (Fsp3) is 0.350. The van der Waals surface area contributed by atoms with Gasteiger partial charge in [0.05, 0.1) is 13.7 Å². The van der Waals surface area contributed by atoms with Crippen LogP contribution in [0.15, 0.2) is 53.5 Å². The molecule has 0 radical (unpaired) electrons. The zero-order chi connectivity index (χ0) is 18.8. The Labute approximate surface area is 154 Å². The van der Waals surface area contributed by atoms with E-state index in [0.29, 0.717) is 42.5 Å². The van der Waals surface area contributed by atoms with Crippen LogP contribution in [0.3, 0.4) is 0 Å². The summed E-state index contributed by atoms with van der Waals surface area (Å²) in [5.41, 5.74) is 0.684. The van der Waals surface area contributed by atoms with Gasteiger partial charge in [0, 0.05) is 13.6 Å². The molecule has 2 rings (SSSR count). The van der Waals surface area contributed by atoms with E-state index in [1.807, 2.05) is 37.3 Å². The lowest BCUT2D eigenvalue weighted by atomic mass is 10.1. The van der Waals surface area contributed by atoms with Crippen molar-refractivity contribution in [3.63, 3.8) is 0 Å². The van der Waals surface area contributed by atoms with Gasteiger partial charge in [-0.2, -0.15) is 0 Å². The van der Waals surface area contributed by atoms with Crippen molar-refractivity contribution < 1.29 is 13.9 Å². The van der Waals surface area contributed by atoms with Crippen LogP contribution in [0.1, 0.15) is 12.5 Å². The standard InChI is InChI=1S/C20H26FN3O2/c1-15(26-19-11-7-6-10-18(19)25-3)14-24-20(22-2)23-13-12-16-8-4-5-9-17(16)21/h4-11,15H,12-14H2,1-3H3,(H2,22,23,24). The lowest BCUT2D eigenvalue weighted by molar-refractivity contribution is 0.213. The molecule has 0 aliphatic carbocycles. The number of guanidine groups is 1. The van der Waals surface area contributed by atoms with Gasteiger partial charge in [-0.3, -0.25) is 4.99 Å².